The van der Waals surface area contributed by atoms with E-state index < -0.39 is 0 Å². The average molecular weight is 377 g/mol. The van der Waals surface area contributed by atoms with Crippen molar-refractivity contribution in [1.29, 1.82) is 0 Å². The van der Waals surface area contributed by atoms with Gasteiger partial charge >= 0.3 is 0 Å². The van der Waals surface area contributed by atoms with Crippen LogP contribution in [-0.2, 0) is 4.79 Å². The number of para-hydroxylation sites is 1. The summed E-state index contributed by atoms with van der Waals surface area (Å²) in [6.45, 7) is 2.26. The minimum atomic E-state index is 0.0947. The summed E-state index contributed by atoms with van der Waals surface area (Å²) in [6.07, 6.45) is 6.65. The minimum Gasteiger partial charge on any atom is -0.283 e. The van der Waals surface area contributed by atoms with Crippen molar-refractivity contribution >= 4 is 34.6 Å². The molecule has 1 heterocycles. The van der Waals surface area contributed by atoms with Gasteiger partial charge in [-0.3, -0.25) is 9.69 Å². The fourth-order valence-corrected chi connectivity index (χ4v) is 4.90. The maximum atomic E-state index is 13.3. The van der Waals surface area contributed by atoms with Crippen LogP contribution in [0.15, 0.2) is 70.6 Å². The first-order valence-electron chi connectivity index (χ1n) is 9.64. The summed E-state index contributed by atoms with van der Waals surface area (Å²) in [5.41, 5.74) is 1.94. The number of amides is 1. The number of rotatable bonds is 3. The molecule has 27 heavy (non-hydrogen) atoms. The minimum absolute atomic E-state index is 0.0947. The van der Waals surface area contributed by atoms with Gasteiger partial charge in [0.25, 0.3) is 5.91 Å². The lowest BCUT2D eigenvalue weighted by Crippen LogP contribution is -2.44. The Hall–Kier alpha value is -2.33. The summed E-state index contributed by atoms with van der Waals surface area (Å²) < 4.78 is 0. The Morgan fingerprint density at radius 1 is 1.00 bits per heavy atom. The Kier molecular flexibility index (Phi) is 5.44. The molecule has 0 unspecified atom stereocenters. The van der Waals surface area contributed by atoms with Crippen LogP contribution in [0.1, 0.15) is 38.2 Å². The molecule has 0 radical (unpaired) electrons. The highest BCUT2D eigenvalue weighted by atomic mass is 32.2. The SMILES string of the molecule is C[C@H]1CCCC[C@@H]1N1C(=O)/C(=C/c2ccccc2)SC1=Nc1ccccc1. The van der Waals surface area contributed by atoms with Gasteiger partial charge in [-0.1, -0.05) is 68.3 Å². The largest absolute Gasteiger partial charge is 0.283 e. The highest BCUT2D eigenvalue weighted by Gasteiger charge is 2.40. The van der Waals surface area contributed by atoms with Crippen molar-refractivity contribution in [2.24, 2.45) is 10.9 Å². The molecule has 4 heteroatoms. The number of aliphatic imine (C=N–C) groups is 1. The Bertz CT molecular complexity index is 860. The number of carbonyl (C=O) groups excluding carboxylic acids is 1. The molecule has 4 rings (SSSR count). The zero-order valence-electron chi connectivity index (χ0n) is 15.5. The summed E-state index contributed by atoms with van der Waals surface area (Å²) >= 11 is 1.50. The second kappa shape index (κ2) is 8.13. The van der Waals surface area contributed by atoms with Gasteiger partial charge in [-0.15, -0.1) is 0 Å². The molecule has 138 valence electrons. The molecule has 2 aromatic carbocycles. The summed E-state index contributed by atoms with van der Waals surface area (Å²) in [5.74, 6) is 0.595. The molecule has 2 aliphatic rings. The van der Waals surface area contributed by atoms with Crippen LogP contribution in [0.25, 0.3) is 6.08 Å². The average Bonchev–Trinajstić information content (AvgIpc) is 2.99. The highest BCUT2D eigenvalue weighted by Crippen LogP contribution is 2.40. The summed E-state index contributed by atoms with van der Waals surface area (Å²) in [4.78, 5) is 20.9. The van der Waals surface area contributed by atoms with E-state index in [2.05, 4.69) is 6.92 Å². The van der Waals surface area contributed by atoms with E-state index in [9.17, 15) is 4.79 Å². The van der Waals surface area contributed by atoms with Crippen molar-refractivity contribution in [3.8, 4) is 0 Å². The van der Waals surface area contributed by atoms with Gasteiger partial charge in [0.1, 0.15) is 0 Å². The molecule has 3 nitrogen and oxygen atoms in total. The van der Waals surface area contributed by atoms with Crippen LogP contribution >= 0.6 is 11.8 Å². The quantitative estimate of drug-likeness (QED) is 0.628. The molecule has 1 amide bonds. The first-order chi connectivity index (χ1) is 13.2. The van der Waals surface area contributed by atoms with Crippen molar-refractivity contribution in [3.05, 3.63) is 71.1 Å². The molecule has 1 saturated carbocycles. The van der Waals surface area contributed by atoms with Crippen LogP contribution in [-0.4, -0.2) is 22.0 Å². The second-order valence-corrected chi connectivity index (χ2v) is 8.26. The second-order valence-electron chi connectivity index (χ2n) is 7.26. The molecule has 1 aliphatic carbocycles. The predicted molar refractivity (Wildman–Crippen MR) is 114 cm³/mol. The van der Waals surface area contributed by atoms with Crippen LogP contribution in [0, 0.1) is 5.92 Å². The zero-order valence-corrected chi connectivity index (χ0v) is 16.4. The topological polar surface area (TPSA) is 32.7 Å². The third kappa shape index (κ3) is 4.01. The Labute approximate surface area is 165 Å². The third-order valence-electron chi connectivity index (χ3n) is 5.31. The van der Waals surface area contributed by atoms with Crippen LogP contribution in [0.5, 0.6) is 0 Å². The third-order valence-corrected chi connectivity index (χ3v) is 6.30. The van der Waals surface area contributed by atoms with E-state index >= 15 is 0 Å². The molecule has 0 spiro atoms. The van der Waals surface area contributed by atoms with Crippen molar-refractivity contribution in [2.45, 2.75) is 38.6 Å². The fraction of sp³-hybridized carbons (Fsp3) is 0.304. The van der Waals surface area contributed by atoms with Crippen molar-refractivity contribution < 1.29 is 4.79 Å². The lowest BCUT2D eigenvalue weighted by Gasteiger charge is -2.35. The van der Waals surface area contributed by atoms with E-state index in [1.807, 2.05) is 71.6 Å². The molecule has 1 saturated heterocycles. The summed E-state index contributed by atoms with van der Waals surface area (Å²) in [7, 11) is 0. The van der Waals surface area contributed by atoms with Crippen LogP contribution in [0.2, 0.25) is 0 Å². The number of amidine groups is 1. The zero-order chi connectivity index (χ0) is 18.6. The van der Waals surface area contributed by atoms with Crippen LogP contribution in [0.3, 0.4) is 0 Å². The lowest BCUT2D eigenvalue weighted by molar-refractivity contribution is -0.124. The number of thioether (sulfide) groups is 1. The monoisotopic (exact) mass is 376 g/mol. The van der Waals surface area contributed by atoms with Crippen LogP contribution < -0.4 is 0 Å². The summed E-state index contributed by atoms with van der Waals surface area (Å²) in [6, 6.07) is 20.2. The molecule has 1 aliphatic heterocycles. The molecular formula is C23H24N2OS. The Balaban J connectivity index is 1.71. The molecule has 2 fully saturated rings. The molecule has 2 aromatic rings. The van der Waals surface area contributed by atoms with Gasteiger partial charge in [0, 0.05) is 6.04 Å². The van der Waals surface area contributed by atoms with E-state index in [0.717, 1.165) is 27.7 Å². The number of hydrogen-bond donors (Lipinski definition) is 0. The Morgan fingerprint density at radius 2 is 1.67 bits per heavy atom. The molecule has 0 N–H and O–H groups in total. The van der Waals surface area contributed by atoms with E-state index in [1.54, 1.807) is 0 Å². The number of carbonyl (C=O) groups is 1. The van der Waals surface area contributed by atoms with Crippen molar-refractivity contribution in [3.63, 3.8) is 0 Å². The van der Waals surface area contributed by atoms with E-state index in [0.29, 0.717) is 5.92 Å². The number of nitrogens with zero attached hydrogens (tertiary/aromatic N) is 2. The van der Waals surface area contributed by atoms with E-state index in [-0.39, 0.29) is 11.9 Å². The highest BCUT2D eigenvalue weighted by molar-refractivity contribution is 8.18. The van der Waals surface area contributed by atoms with E-state index in [1.165, 1.54) is 31.0 Å². The van der Waals surface area contributed by atoms with E-state index in [4.69, 9.17) is 4.99 Å². The normalized spacial score (nSPS) is 26.1. The van der Waals surface area contributed by atoms with Gasteiger partial charge in [0.05, 0.1) is 10.6 Å². The van der Waals surface area contributed by atoms with Gasteiger partial charge in [0.15, 0.2) is 5.17 Å². The summed E-state index contributed by atoms with van der Waals surface area (Å²) in [5, 5.41) is 0.812. The maximum absolute atomic E-state index is 13.3. The lowest BCUT2D eigenvalue weighted by atomic mass is 9.85. The van der Waals surface area contributed by atoms with Crippen molar-refractivity contribution in [1.82, 2.24) is 4.90 Å². The fourth-order valence-electron chi connectivity index (χ4n) is 3.85. The van der Waals surface area contributed by atoms with Gasteiger partial charge in [-0.25, -0.2) is 4.99 Å². The standard InChI is InChI=1S/C23H24N2OS/c1-17-10-8-9-15-20(17)25-22(26)21(16-18-11-4-2-5-12-18)27-23(25)24-19-13-6-3-7-14-19/h2-7,11-14,16-17,20H,8-10,15H2,1H3/b21-16-,24-23?/t17-,20-/m0/s1. The Morgan fingerprint density at radius 3 is 2.37 bits per heavy atom. The van der Waals surface area contributed by atoms with Gasteiger partial charge < -0.3 is 0 Å². The first kappa shape index (κ1) is 18.1. The van der Waals surface area contributed by atoms with Crippen molar-refractivity contribution in [2.75, 3.05) is 0 Å². The van der Waals surface area contributed by atoms with Gasteiger partial charge in [0.2, 0.25) is 0 Å². The number of hydrogen-bond acceptors (Lipinski definition) is 3. The van der Waals surface area contributed by atoms with Gasteiger partial charge in [-0.2, -0.15) is 0 Å². The van der Waals surface area contributed by atoms with Gasteiger partial charge in [-0.05, 0) is 54.3 Å². The molecular weight excluding hydrogens is 352 g/mol. The number of benzene rings is 2. The maximum Gasteiger partial charge on any atom is 0.267 e. The smallest absolute Gasteiger partial charge is 0.267 e. The first-order valence-corrected chi connectivity index (χ1v) is 10.5. The molecule has 0 aromatic heterocycles. The molecule has 2 atom stereocenters. The molecule has 0 bridgehead atoms. The van der Waals surface area contributed by atoms with Crippen LogP contribution in [0.4, 0.5) is 5.69 Å². The predicted octanol–water partition coefficient (Wildman–Crippen LogP) is 5.87.